The van der Waals surface area contributed by atoms with Gasteiger partial charge in [0.2, 0.25) is 0 Å². The van der Waals surface area contributed by atoms with Crippen molar-refractivity contribution in [2.75, 3.05) is 0 Å². The van der Waals surface area contributed by atoms with E-state index in [2.05, 4.69) is 0 Å². The minimum Gasteiger partial charge on any atom is -0.549 e. The zero-order chi connectivity index (χ0) is 12.9. The Balaban J connectivity index is 0. The summed E-state index contributed by atoms with van der Waals surface area (Å²) in [6, 6.07) is 7.84. The van der Waals surface area contributed by atoms with Crippen molar-refractivity contribution in [1.82, 2.24) is 0 Å². The standard InChI is InChI=1S/C13H16O4.2Li/c1-2-3-9-13(11(14)15,12(16)17)10-7-5-4-6-8-10;;/h4-8H,2-3,9H2,1H3,(H,14,15)(H,16,17);;/q;2*+1/p-2. The Hall–Kier alpha value is -0.645. The van der Waals surface area contributed by atoms with Crippen molar-refractivity contribution in [3.8, 4) is 0 Å². The number of carbonyl (C=O) groups excluding carboxylic acids is 2. The molecule has 0 aromatic heterocycles. The van der Waals surface area contributed by atoms with E-state index in [9.17, 15) is 19.8 Å². The van der Waals surface area contributed by atoms with E-state index < -0.39 is 17.4 Å². The van der Waals surface area contributed by atoms with Gasteiger partial charge in [0.25, 0.3) is 0 Å². The number of carboxylic acids is 2. The molecule has 1 rings (SSSR count). The molecule has 0 aliphatic heterocycles. The molecule has 0 unspecified atom stereocenters. The van der Waals surface area contributed by atoms with Crippen molar-refractivity contribution in [2.45, 2.75) is 31.6 Å². The summed E-state index contributed by atoms with van der Waals surface area (Å²) in [4.78, 5) is 22.5. The van der Waals surface area contributed by atoms with Gasteiger partial charge in [-0.2, -0.15) is 0 Å². The Labute approximate surface area is 136 Å². The van der Waals surface area contributed by atoms with Crippen LogP contribution in [-0.2, 0) is 15.0 Å². The van der Waals surface area contributed by atoms with Gasteiger partial charge in [-0.05, 0) is 12.0 Å². The predicted octanol–water partition coefficient (Wildman–Crippen LogP) is -6.38. The molecule has 92 valence electrons. The maximum atomic E-state index is 11.2. The van der Waals surface area contributed by atoms with E-state index in [0.717, 1.165) is 0 Å². The van der Waals surface area contributed by atoms with Crippen molar-refractivity contribution in [3.63, 3.8) is 0 Å². The Morgan fingerprint density at radius 2 is 1.53 bits per heavy atom. The molecule has 0 atom stereocenters. The van der Waals surface area contributed by atoms with Crippen LogP contribution >= 0.6 is 0 Å². The van der Waals surface area contributed by atoms with Gasteiger partial charge in [0, 0.05) is 0 Å². The minimum atomic E-state index is -2.04. The van der Waals surface area contributed by atoms with Crippen LogP contribution < -0.4 is 47.9 Å². The fraction of sp³-hybridized carbons (Fsp3) is 0.385. The van der Waals surface area contributed by atoms with E-state index in [1.54, 1.807) is 18.2 Å². The van der Waals surface area contributed by atoms with Crippen LogP contribution in [0.5, 0.6) is 0 Å². The summed E-state index contributed by atoms with van der Waals surface area (Å²) in [6.45, 7) is 1.86. The SMILES string of the molecule is CCCCC(C(=O)[O-])(C(=O)[O-])c1ccccc1.[Li+].[Li+]. The zero-order valence-corrected chi connectivity index (χ0v) is 11.6. The van der Waals surface area contributed by atoms with Crippen molar-refractivity contribution < 1.29 is 57.5 Å². The van der Waals surface area contributed by atoms with Crippen LogP contribution in [0.4, 0.5) is 0 Å². The monoisotopic (exact) mass is 248 g/mol. The smallest absolute Gasteiger partial charge is 0.549 e. The summed E-state index contributed by atoms with van der Waals surface area (Å²) in [5.41, 5.74) is -1.84. The minimum absolute atomic E-state index is 0. The van der Waals surface area contributed by atoms with E-state index in [0.29, 0.717) is 12.8 Å². The molecule has 19 heavy (non-hydrogen) atoms. The molecule has 0 N–H and O–H groups in total. The van der Waals surface area contributed by atoms with Gasteiger partial charge in [-0.1, -0.05) is 50.1 Å². The maximum Gasteiger partial charge on any atom is 1.00 e. The number of rotatable bonds is 6. The summed E-state index contributed by atoms with van der Waals surface area (Å²) in [6.07, 6.45) is 1.17. The zero-order valence-electron chi connectivity index (χ0n) is 11.6. The molecule has 0 heterocycles. The first-order valence-electron chi connectivity index (χ1n) is 5.54. The normalized spacial score (nSPS) is 9.95. The van der Waals surface area contributed by atoms with E-state index in [4.69, 9.17) is 0 Å². The summed E-state index contributed by atoms with van der Waals surface area (Å²) in [7, 11) is 0. The number of benzene rings is 1. The molecule has 0 saturated heterocycles. The molecule has 0 aliphatic rings. The first kappa shape index (κ1) is 20.7. The predicted molar refractivity (Wildman–Crippen MR) is 57.7 cm³/mol. The Morgan fingerprint density at radius 3 is 1.89 bits per heavy atom. The van der Waals surface area contributed by atoms with E-state index >= 15 is 0 Å². The summed E-state index contributed by atoms with van der Waals surface area (Å²) < 4.78 is 0. The Morgan fingerprint density at radius 1 is 1.05 bits per heavy atom. The number of hydrogen-bond donors (Lipinski definition) is 0. The number of aliphatic carboxylic acids is 2. The van der Waals surface area contributed by atoms with Crippen LogP contribution in [0, 0.1) is 0 Å². The quantitative estimate of drug-likeness (QED) is 0.370. The van der Waals surface area contributed by atoms with Gasteiger partial charge in [0.05, 0.1) is 17.4 Å². The number of carbonyl (C=O) groups is 2. The van der Waals surface area contributed by atoms with Gasteiger partial charge in [-0.15, -0.1) is 0 Å². The van der Waals surface area contributed by atoms with Crippen LogP contribution in [0.2, 0.25) is 0 Å². The molecule has 6 heteroatoms. The largest absolute Gasteiger partial charge is 1.00 e. The fourth-order valence-electron chi connectivity index (χ4n) is 1.83. The van der Waals surface area contributed by atoms with Crippen molar-refractivity contribution >= 4 is 11.9 Å². The molecule has 1 aromatic rings. The molecule has 0 fully saturated rings. The van der Waals surface area contributed by atoms with Gasteiger partial charge in [0.15, 0.2) is 0 Å². The van der Waals surface area contributed by atoms with Crippen molar-refractivity contribution in [3.05, 3.63) is 35.9 Å². The third kappa shape index (κ3) is 4.44. The van der Waals surface area contributed by atoms with Crippen LogP contribution in [0.3, 0.4) is 0 Å². The molecule has 4 nitrogen and oxygen atoms in total. The van der Waals surface area contributed by atoms with Crippen LogP contribution in [0.1, 0.15) is 31.7 Å². The number of carboxylic acid groups (broad SMARTS) is 2. The second kappa shape index (κ2) is 9.29. The molecule has 0 radical (unpaired) electrons. The summed E-state index contributed by atoms with van der Waals surface area (Å²) >= 11 is 0. The first-order chi connectivity index (χ1) is 8.05. The van der Waals surface area contributed by atoms with E-state index in [1.807, 2.05) is 6.92 Å². The van der Waals surface area contributed by atoms with Crippen LogP contribution in [0.15, 0.2) is 30.3 Å². The van der Waals surface area contributed by atoms with Gasteiger partial charge in [0.1, 0.15) is 0 Å². The molecule has 0 bridgehead atoms. The van der Waals surface area contributed by atoms with Crippen LogP contribution in [-0.4, -0.2) is 11.9 Å². The van der Waals surface area contributed by atoms with Crippen LogP contribution in [0.25, 0.3) is 0 Å². The third-order valence-corrected chi connectivity index (χ3v) is 2.87. The Bertz CT molecular complexity index is 392. The van der Waals surface area contributed by atoms with E-state index in [-0.39, 0.29) is 49.7 Å². The third-order valence-electron chi connectivity index (χ3n) is 2.87. The van der Waals surface area contributed by atoms with Gasteiger partial charge in [-0.3, -0.25) is 0 Å². The van der Waals surface area contributed by atoms with Gasteiger partial charge >= 0.3 is 37.7 Å². The van der Waals surface area contributed by atoms with Gasteiger partial charge in [-0.25, -0.2) is 0 Å². The molecule has 0 amide bonds. The molecular formula is C13H14Li2O4. The maximum absolute atomic E-state index is 11.2. The topological polar surface area (TPSA) is 80.3 Å². The Kier molecular flexibility index (Phi) is 10.1. The van der Waals surface area contributed by atoms with Crippen molar-refractivity contribution in [2.24, 2.45) is 0 Å². The summed E-state index contributed by atoms with van der Waals surface area (Å²) in [5.74, 6) is -3.23. The number of hydrogen-bond acceptors (Lipinski definition) is 4. The molecule has 0 spiro atoms. The van der Waals surface area contributed by atoms with E-state index in [1.165, 1.54) is 12.1 Å². The number of unbranched alkanes of at least 4 members (excludes halogenated alkanes) is 1. The first-order valence-corrected chi connectivity index (χ1v) is 5.54. The molecule has 1 aromatic carbocycles. The molecule has 0 aliphatic carbocycles. The average molecular weight is 248 g/mol. The summed E-state index contributed by atoms with van der Waals surface area (Å²) in [5, 5.41) is 22.5. The second-order valence-corrected chi connectivity index (χ2v) is 3.95. The fourth-order valence-corrected chi connectivity index (χ4v) is 1.83. The second-order valence-electron chi connectivity index (χ2n) is 3.95. The molecule has 0 saturated carbocycles. The molecular weight excluding hydrogens is 234 g/mol. The van der Waals surface area contributed by atoms with Gasteiger partial charge < -0.3 is 19.8 Å². The average Bonchev–Trinajstić information content (AvgIpc) is 2.30. The van der Waals surface area contributed by atoms with Crippen molar-refractivity contribution in [1.29, 1.82) is 0 Å².